The molecule has 0 saturated heterocycles. The number of ether oxygens (including phenoxy) is 3. The first kappa shape index (κ1) is 17.8. The molecule has 0 spiro atoms. The Labute approximate surface area is 145 Å². The van der Waals surface area contributed by atoms with Gasteiger partial charge in [0, 0.05) is 12.2 Å². The molecular weight excluding hydrogens is 331 g/mol. The number of hydrogen-bond acceptors (Lipinski definition) is 4. The molecule has 2 aromatic rings. The summed E-state index contributed by atoms with van der Waals surface area (Å²) < 4.78 is 29.1. The van der Waals surface area contributed by atoms with Gasteiger partial charge in [0.2, 0.25) is 5.75 Å². The maximum absolute atomic E-state index is 13.2. The fourth-order valence-electron chi connectivity index (χ4n) is 2.16. The van der Waals surface area contributed by atoms with Crippen molar-refractivity contribution < 1.29 is 18.6 Å². The Morgan fingerprint density at radius 3 is 2.25 bits per heavy atom. The molecule has 2 rings (SSSR count). The average Bonchev–Trinajstić information content (AvgIpc) is 2.58. The number of rotatable bonds is 6. The van der Waals surface area contributed by atoms with Crippen LogP contribution < -0.4 is 24.8 Å². The molecule has 0 fully saturated rings. The summed E-state index contributed by atoms with van der Waals surface area (Å²) in [4.78, 5) is 0. The molecule has 0 aliphatic carbocycles. The lowest BCUT2D eigenvalue weighted by atomic mass is 10.2. The second-order valence-corrected chi connectivity index (χ2v) is 5.26. The second kappa shape index (κ2) is 8.35. The predicted octanol–water partition coefficient (Wildman–Crippen LogP) is 3.34. The molecule has 0 bridgehead atoms. The van der Waals surface area contributed by atoms with Crippen molar-refractivity contribution >= 4 is 23.0 Å². The number of nitrogens with one attached hydrogen (secondary N) is 2. The van der Waals surface area contributed by atoms with Crippen molar-refractivity contribution in [2.75, 3.05) is 26.6 Å². The van der Waals surface area contributed by atoms with E-state index < -0.39 is 0 Å². The van der Waals surface area contributed by atoms with E-state index in [0.29, 0.717) is 34.6 Å². The molecule has 0 radical (unpaired) electrons. The van der Waals surface area contributed by atoms with Crippen LogP contribution in [-0.2, 0) is 6.54 Å². The van der Waals surface area contributed by atoms with E-state index in [1.54, 1.807) is 33.5 Å². The van der Waals surface area contributed by atoms with Crippen molar-refractivity contribution in [1.29, 1.82) is 0 Å². The van der Waals surface area contributed by atoms with E-state index in [1.807, 2.05) is 12.1 Å². The average molecular weight is 350 g/mol. The fraction of sp³-hybridized carbons (Fsp3) is 0.235. The topological polar surface area (TPSA) is 51.8 Å². The normalized spacial score (nSPS) is 10.0. The molecule has 2 N–H and O–H groups in total. The Bertz CT molecular complexity index is 700. The molecule has 0 amide bonds. The van der Waals surface area contributed by atoms with Crippen LogP contribution in [0.3, 0.4) is 0 Å². The van der Waals surface area contributed by atoms with E-state index in [2.05, 4.69) is 10.6 Å². The zero-order valence-corrected chi connectivity index (χ0v) is 14.5. The van der Waals surface area contributed by atoms with Crippen molar-refractivity contribution in [3.63, 3.8) is 0 Å². The first-order valence-electron chi connectivity index (χ1n) is 7.16. The van der Waals surface area contributed by atoms with Gasteiger partial charge in [0.05, 0.1) is 21.3 Å². The SMILES string of the molecule is COc1cc(CNC(=S)Nc2cccc(F)c2)cc(OC)c1OC. The third kappa shape index (κ3) is 4.48. The molecule has 0 aliphatic heterocycles. The molecule has 5 nitrogen and oxygen atoms in total. The van der Waals surface area contributed by atoms with Gasteiger partial charge in [0.25, 0.3) is 0 Å². The first-order valence-corrected chi connectivity index (χ1v) is 7.57. The molecular formula is C17H19FN2O3S. The monoisotopic (exact) mass is 350 g/mol. The van der Waals surface area contributed by atoms with Crippen LogP contribution in [0.25, 0.3) is 0 Å². The standard InChI is InChI=1S/C17H19FN2O3S/c1-21-14-7-11(8-15(22-2)16(14)23-3)10-19-17(24)20-13-6-4-5-12(18)9-13/h4-9H,10H2,1-3H3,(H2,19,20,24). The smallest absolute Gasteiger partial charge is 0.203 e. The Morgan fingerprint density at radius 1 is 1.04 bits per heavy atom. The zero-order valence-electron chi connectivity index (χ0n) is 13.7. The van der Waals surface area contributed by atoms with Crippen LogP contribution in [0, 0.1) is 5.82 Å². The quantitative estimate of drug-likeness (QED) is 0.780. The van der Waals surface area contributed by atoms with Crippen molar-refractivity contribution in [2.45, 2.75) is 6.54 Å². The summed E-state index contributed by atoms with van der Waals surface area (Å²) in [7, 11) is 4.67. The molecule has 0 aliphatic rings. The summed E-state index contributed by atoms with van der Waals surface area (Å²) in [6.45, 7) is 0.442. The Kier molecular flexibility index (Phi) is 6.20. The van der Waals surface area contributed by atoms with Gasteiger partial charge in [-0.15, -0.1) is 0 Å². The number of halogens is 1. The van der Waals surface area contributed by atoms with Crippen molar-refractivity contribution in [1.82, 2.24) is 5.32 Å². The molecule has 7 heteroatoms. The molecule has 0 heterocycles. The molecule has 2 aromatic carbocycles. The first-order chi connectivity index (χ1) is 11.6. The minimum atomic E-state index is -0.326. The predicted molar refractivity (Wildman–Crippen MR) is 95.6 cm³/mol. The summed E-state index contributed by atoms with van der Waals surface area (Å²) >= 11 is 5.22. The van der Waals surface area contributed by atoms with Gasteiger partial charge in [0.15, 0.2) is 16.6 Å². The number of hydrogen-bond donors (Lipinski definition) is 2. The van der Waals surface area contributed by atoms with Gasteiger partial charge in [-0.25, -0.2) is 4.39 Å². The highest BCUT2D eigenvalue weighted by atomic mass is 32.1. The number of benzene rings is 2. The minimum Gasteiger partial charge on any atom is -0.493 e. The van der Waals surface area contributed by atoms with Crippen LogP contribution in [0.2, 0.25) is 0 Å². The summed E-state index contributed by atoms with van der Waals surface area (Å²) in [5.41, 5.74) is 1.48. The highest BCUT2D eigenvalue weighted by Crippen LogP contribution is 2.38. The fourth-order valence-corrected chi connectivity index (χ4v) is 2.35. The van der Waals surface area contributed by atoms with Gasteiger partial charge >= 0.3 is 0 Å². The van der Waals surface area contributed by atoms with E-state index in [9.17, 15) is 4.39 Å². The van der Waals surface area contributed by atoms with E-state index in [-0.39, 0.29) is 5.82 Å². The Morgan fingerprint density at radius 2 is 1.71 bits per heavy atom. The summed E-state index contributed by atoms with van der Waals surface area (Å²) in [6, 6.07) is 9.75. The lowest BCUT2D eigenvalue weighted by Crippen LogP contribution is -2.27. The molecule has 128 valence electrons. The Balaban J connectivity index is 2.04. The lowest BCUT2D eigenvalue weighted by Gasteiger charge is -2.15. The van der Waals surface area contributed by atoms with Crippen molar-refractivity contribution in [2.24, 2.45) is 0 Å². The van der Waals surface area contributed by atoms with E-state index in [4.69, 9.17) is 26.4 Å². The van der Waals surface area contributed by atoms with Gasteiger partial charge < -0.3 is 24.8 Å². The van der Waals surface area contributed by atoms with Crippen LogP contribution in [0.1, 0.15) is 5.56 Å². The summed E-state index contributed by atoms with van der Waals surface area (Å²) in [6.07, 6.45) is 0. The van der Waals surface area contributed by atoms with Gasteiger partial charge in [-0.3, -0.25) is 0 Å². The molecule has 0 atom stereocenters. The number of anilines is 1. The Hall–Kier alpha value is -2.54. The van der Waals surface area contributed by atoms with Crippen molar-refractivity contribution in [3.8, 4) is 17.2 Å². The lowest BCUT2D eigenvalue weighted by molar-refractivity contribution is 0.323. The van der Waals surface area contributed by atoms with Crippen LogP contribution in [0.4, 0.5) is 10.1 Å². The van der Waals surface area contributed by atoms with Gasteiger partial charge in [-0.05, 0) is 48.1 Å². The highest BCUT2D eigenvalue weighted by molar-refractivity contribution is 7.80. The van der Waals surface area contributed by atoms with Gasteiger partial charge in [0.1, 0.15) is 5.82 Å². The number of thiocarbonyl (C=S) groups is 1. The summed E-state index contributed by atoms with van der Waals surface area (Å²) in [5, 5.41) is 6.36. The maximum atomic E-state index is 13.2. The number of methoxy groups -OCH3 is 3. The van der Waals surface area contributed by atoms with E-state index in [1.165, 1.54) is 12.1 Å². The van der Waals surface area contributed by atoms with Crippen LogP contribution in [-0.4, -0.2) is 26.4 Å². The van der Waals surface area contributed by atoms with E-state index in [0.717, 1.165) is 5.56 Å². The minimum absolute atomic E-state index is 0.326. The third-order valence-corrected chi connectivity index (χ3v) is 3.51. The van der Waals surface area contributed by atoms with Crippen LogP contribution >= 0.6 is 12.2 Å². The van der Waals surface area contributed by atoms with Gasteiger partial charge in [-0.1, -0.05) is 6.07 Å². The van der Waals surface area contributed by atoms with Crippen LogP contribution in [0.15, 0.2) is 36.4 Å². The maximum Gasteiger partial charge on any atom is 0.203 e. The zero-order chi connectivity index (χ0) is 17.5. The second-order valence-electron chi connectivity index (χ2n) is 4.85. The highest BCUT2D eigenvalue weighted by Gasteiger charge is 2.13. The summed E-state index contributed by atoms with van der Waals surface area (Å²) in [5.74, 6) is 1.34. The van der Waals surface area contributed by atoms with Crippen LogP contribution in [0.5, 0.6) is 17.2 Å². The molecule has 0 saturated carbocycles. The molecule has 0 unspecified atom stereocenters. The van der Waals surface area contributed by atoms with E-state index >= 15 is 0 Å². The largest absolute Gasteiger partial charge is 0.493 e. The third-order valence-electron chi connectivity index (χ3n) is 3.26. The molecule has 0 aromatic heterocycles. The van der Waals surface area contributed by atoms with Gasteiger partial charge in [-0.2, -0.15) is 0 Å². The van der Waals surface area contributed by atoms with Crippen molar-refractivity contribution in [3.05, 3.63) is 47.8 Å². The molecule has 24 heavy (non-hydrogen) atoms.